The standard InChI is InChI=1S/C8H12N4O4/c1-3-5(8(13)14)10-7-6(12(15)16)9-4-11(7)2/h4-5,10H,3H2,1-2H3,(H,13,14). The van der Waals surface area contributed by atoms with Gasteiger partial charge in [-0.15, -0.1) is 0 Å². The summed E-state index contributed by atoms with van der Waals surface area (Å²) >= 11 is 0. The summed E-state index contributed by atoms with van der Waals surface area (Å²) in [4.78, 5) is 24.3. The lowest BCUT2D eigenvalue weighted by atomic mass is 10.2. The third kappa shape index (κ3) is 2.27. The van der Waals surface area contributed by atoms with Gasteiger partial charge in [0.25, 0.3) is 0 Å². The summed E-state index contributed by atoms with van der Waals surface area (Å²) in [7, 11) is 1.55. The Morgan fingerprint density at radius 1 is 1.81 bits per heavy atom. The van der Waals surface area contributed by atoms with Crippen molar-refractivity contribution >= 4 is 17.6 Å². The van der Waals surface area contributed by atoms with Crippen LogP contribution in [0.3, 0.4) is 0 Å². The maximum Gasteiger partial charge on any atom is 0.406 e. The van der Waals surface area contributed by atoms with Gasteiger partial charge in [-0.1, -0.05) is 6.92 Å². The van der Waals surface area contributed by atoms with Crippen molar-refractivity contribution < 1.29 is 14.8 Å². The van der Waals surface area contributed by atoms with Crippen molar-refractivity contribution in [1.82, 2.24) is 9.55 Å². The summed E-state index contributed by atoms with van der Waals surface area (Å²) in [5, 5.41) is 22.0. The van der Waals surface area contributed by atoms with E-state index in [4.69, 9.17) is 5.11 Å². The van der Waals surface area contributed by atoms with E-state index in [0.29, 0.717) is 6.42 Å². The second-order valence-electron chi connectivity index (χ2n) is 3.23. The molecule has 1 rings (SSSR count). The molecule has 0 saturated carbocycles. The summed E-state index contributed by atoms with van der Waals surface area (Å²) in [5.41, 5.74) is 0. The molecule has 2 N–H and O–H groups in total. The summed E-state index contributed by atoms with van der Waals surface area (Å²) in [6.07, 6.45) is 1.58. The number of nitrogens with zero attached hydrogens (tertiary/aromatic N) is 3. The molecule has 1 unspecified atom stereocenters. The van der Waals surface area contributed by atoms with E-state index >= 15 is 0 Å². The number of hydrogen-bond acceptors (Lipinski definition) is 5. The molecule has 1 aromatic rings. The van der Waals surface area contributed by atoms with Gasteiger partial charge in [0, 0.05) is 7.05 Å². The number of carboxylic acid groups (broad SMARTS) is 1. The second kappa shape index (κ2) is 4.60. The van der Waals surface area contributed by atoms with Gasteiger partial charge in [0.15, 0.2) is 0 Å². The van der Waals surface area contributed by atoms with Gasteiger partial charge in [-0.25, -0.2) is 4.79 Å². The van der Waals surface area contributed by atoms with E-state index < -0.39 is 16.9 Å². The van der Waals surface area contributed by atoms with Crippen LogP contribution in [0.25, 0.3) is 0 Å². The van der Waals surface area contributed by atoms with Crippen LogP contribution in [0.5, 0.6) is 0 Å². The Kier molecular flexibility index (Phi) is 3.44. The van der Waals surface area contributed by atoms with Crippen LogP contribution in [0.1, 0.15) is 13.3 Å². The molecule has 0 bridgehead atoms. The monoisotopic (exact) mass is 228 g/mol. The number of aromatic nitrogens is 2. The zero-order valence-corrected chi connectivity index (χ0v) is 8.88. The second-order valence-corrected chi connectivity index (χ2v) is 3.23. The number of aliphatic carboxylic acids is 1. The van der Waals surface area contributed by atoms with E-state index in [1.807, 2.05) is 0 Å². The Bertz CT molecular complexity index is 414. The number of nitrogens with one attached hydrogen (secondary N) is 1. The third-order valence-corrected chi connectivity index (χ3v) is 2.11. The number of carbonyl (C=O) groups is 1. The number of anilines is 1. The highest BCUT2D eigenvalue weighted by atomic mass is 16.6. The van der Waals surface area contributed by atoms with Crippen LogP contribution in [0.4, 0.5) is 11.6 Å². The minimum absolute atomic E-state index is 0.0965. The molecule has 1 aromatic heterocycles. The van der Waals surface area contributed by atoms with E-state index in [-0.39, 0.29) is 11.6 Å². The molecule has 8 heteroatoms. The number of aryl methyl sites for hydroxylation is 1. The first-order chi connectivity index (χ1) is 7.47. The number of carboxylic acids is 1. The molecule has 1 heterocycles. The summed E-state index contributed by atoms with van der Waals surface area (Å²) in [5.74, 6) is -1.33. The summed E-state index contributed by atoms with van der Waals surface area (Å²) in [6.45, 7) is 1.67. The molecule has 0 aliphatic carbocycles. The molecular weight excluding hydrogens is 216 g/mol. The first kappa shape index (κ1) is 12.0. The van der Waals surface area contributed by atoms with E-state index in [1.54, 1.807) is 14.0 Å². The number of rotatable bonds is 5. The van der Waals surface area contributed by atoms with Crippen LogP contribution in [-0.2, 0) is 11.8 Å². The molecule has 88 valence electrons. The first-order valence-electron chi connectivity index (χ1n) is 4.62. The van der Waals surface area contributed by atoms with Crippen molar-refractivity contribution in [2.45, 2.75) is 19.4 Å². The van der Waals surface area contributed by atoms with Crippen molar-refractivity contribution in [2.75, 3.05) is 5.32 Å². The van der Waals surface area contributed by atoms with Crippen molar-refractivity contribution in [3.8, 4) is 0 Å². The Morgan fingerprint density at radius 2 is 2.44 bits per heavy atom. The Hall–Kier alpha value is -2.12. The number of imidazole rings is 1. The molecule has 0 aliphatic rings. The van der Waals surface area contributed by atoms with E-state index in [9.17, 15) is 14.9 Å². The average Bonchev–Trinajstić information content (AvgIpc) is 2.56. The predicted molar refractivity (Wildman–Crippen MR) is 55.2 cm³/mol. The maximum atomic E-state index is 10.8. The molecule has 0 spiro atoms. The fraction of sp³-hybridized carbons (Fsp3) is 0.500. The Balaban J connectivity index is 2.99. The minimum atomic E-state index is -1.06. The quantitative estimate of drug-likeness (QED) is 0.564. The third-order valence-electron chi connectivity index (χ3n) is 2.11. The molecule has 1 atom stereocenters. The van der Waals surface area contributed by atoms with Gasteiger partial charge in [0.05, 0.1) is 0 Å². The lowest BCUT2D eigenvalue weighted by Crippen LogP contribution is -2.29. The highest BCUT2D eigenvalue weighted by molar-refractivity contribution is 5.77. The zero-order chi connectivity index (χ0) is 12.3. The molecule has 0 radical (unpaired) electrons. The molecule has 0 amide bonds. The zero-order valence-electron chi connectivity index (χ0n) is 8.88. The normalized spacial score (nSPS) is 12.1. The Labute approximate surface area is 91.1 Å². The van der Waals surface area contributed by atoms with Gasteiger partial charge in [-0.3, -0.25) is 4.57 Å². The molecule has 0 aromatic carbocycles. The molecule has 0 fully saturated rings. The van der Waals surface area contributed by atoms with Gasteiger partial charge >= 0.3 is 11.8 Å². The van der Waals surface area contributed by atoms with Gasteiger partial charge in [0.2, 0.25) is 12.1 Å². The minimum Gasteiger partial charge on any atom is -0.480 e. The fourth-order valence-electron chi connectivity index (χ4n) is 1.22. The smallest absolute Gasteiger partial charge is 0.406 e. The highest BCUT2D eigenvalue weighted by Crippen LogP contribution is 2.22. The van der Waals surface area contributed by atoms with Gasteiger partial charge in [-0.2, -0.15) is 0 Å². The fourth-order valence-corrected chi connectivity index (χ4v) is 1.22. The lowest BCUT2D eigenvalue weighted by molar-refractivity contribution is -0.388. The lowest BCUT2D eigenvalue weighted by Gasteiger charge is -2.12. The van der Waals surface area contributed by atoms with E-state index in [2.05, 4.69) is 10.3 Å². The van der Waals surface area contributed by atoms with Gasteiger partial charge in [-0.05, 0) is 16.3 Å². The van der Waals surface area contributed by atoms with Crippen LogP contribution in [-0.4, -0.2) is 31.6 Å². The van der Waals surface area contributed by atoms with E-state index in [0.717, 1.165) is 0 Å². The van der Waals surface area contributed by atoms with Crippen LogP contribution in [0.2, 0.25) is 0 Å². The largest absolute Gasteiger partial charge is 0.480 e. The van der Waals surface area contributed by atoms with Crippen LogP contribution < -0.4 is 5.32 Å². The topological polar surface area (TPSA) is 110 Å². The predicted octanol–water partition coefficient (Wildman–Crippen LogP) is 0.603. The SMILES string of the molecule is CCC(Nc1c([N+](=O)[O-])ncn1C)C(=O)O. The molecule has 0 aliphatic heterocycles. The number of nitro groups is 1. The van der Waals surface area contributed by atoms with Crippen LogP contribution >= 0.6 is 0 Å². The molecular formula is C8H12N4O4. The number of hydrogen-bond donors (Lipinski definition) is 2. The summed E-state index contributed by atoms with van der Waals surface area (Å²) < 4.78 is 1.38. The first-order valence-corrected chi connectivity index (χ1v) is 4.62. The highest BCUT2D eigenvalue weighted by Gasteiger charge is 2.24. The van der Waals surface area contributed by atoms with Crippen molar-refractivity contribution in [3.63, 3.8) is 0 Å². The summed E-state index contributed by atoms with van der Waals surface area (Å²) in [6, 6.07) is -0.867. The van der Waals surface area contributed by atoms with Crippen LogP contribution in [0, 0.1) is 10.1 Å². The van der Waals surface area contributed by atoms with Crippen LogP contribution in [0.15, 0.2) is 6.33 Å². The maximum absolute atomic E-state index is 10.8. The van der Waals surface area contributed by atoms with Gasteiger partial charge < -0.3 is 20.5 Å². The Morgan fingerprint density at radius 3 is 2.88 bits per heavy atom. The molecule has 0 saturated heterocycles. The van der Waals surface area contributed by atoms with Crippen molar-refractivity contribution in [3.05, 3.63) is 16.4 Å². The van der Waals surface area contributed by atoms with Crippen molar-refractivity contribution in [2.24, 2.45) is 7.05 Å². The van der Waals surface area contributed by atoms with E-state index in [1.165, 1.54) is 10.9 Å². The van der Waals surface area contributed by atoms with Gasteiger partial charge in [0.1, 0.15) is 6.04 Å². The average molecular weight is 228 g/mol. The van der Waals surface area contributed by atoms with Crippen molar-refractivity contribution in [1.29, 1.82) is 0 Å². The molecule has 16 heavy (non-hydrogen) atoms. The molecule has 8 nitrogen and oxygen atoms in total.